The highest BCUT2D eigenvalue weighted by atomic mass is 19.1. The van der Waals surface area contributed by atoms with Gasteiger partial charge in [-0.05, 0) is 37.0 Å². The third-order valence-electron chi connectivity index (χ3n) is 4.10. The van der Waals surface area contributed by atoms with Crippen LogP contribution in [-0.4, -0.2) is 35.4 Å². The maximum absolute atomic E-state index is 13.5. The largest absolute Gasteiger partial charge is 0.465 e. The highest BCUT2D eigenvalue weighted by molar-refractivity contribution is 5.65. The minimum atomic E-state index is -0.840. The van der Waals surface area contributed by atoms with Gasteiger partial charge < -0.3 is 10.0 Å². The molecule has 0 radical (unpaired) electrons. The molecule has 1 saturated carbocycles. The third kappa shape index (κ3) is 1.94. The number of hydrogen-bond donors (Lipinski definition) is 1. The molecule has 0 unspecified atom stereocenters. The van der Waals surface area contributed by atoms with Crippen molar-refractivity contribution in [1.29, 1.82) is 0 Å². The first-order chi connectivity index (χ1) is 7.02. The average molecular weight is 215 g/mol. The fraction of sp³-hybridized carbons (Fsp3) is 0.909. The molecule has 86 valence electrons. The summed E-state index contributed by atoms with van der Waals surface area (Å²) in [4.78, 5) is 12.2. The molecule has 0 aromatic carbocycles. The molecule has 4 heteroatoms. The summed E-state index contributed by atoms with van der Waals surface area (Å²) in [6.45, 7) is 3.12. The Morgan fingerprint density at radius 2 is 2.00 bits per heavy atom. The van der Waals surface area contributed by atoms with Gasteiger partial charge in [0.1, 0.15) is 6.17 Å². The highest BCUT2D eigenvalue weighted by Gasteiger charge is 2.45. The summed E-state index contributed by atoms with van der Waals surface area (Å²) in [5.41, 5.74) is 0.102. The zero-order chi connectivity index (χ0) is 11.1. The van der Waals surface area contributed by atoms with E-state index in [9.17, 15) is 9.18 Å². The van der Waals surface area contributed by atoms with Gasteiger partial charge in [-0.1, -0.05) is 6.92 Å². The van der Waals surface area contributed by atoms with Crippen molar-refractivity contribution < 1.29 is 14.3 Å². The van der Waals surface area contributed by atoms with Gasteiger partial charge in [-0.2, -0.15) is 0 Å². The molecular weight excluding hydrogens is 197 g/mol. The van der Waals surface area contributed by atoms with Crippen LogP contribution in [0.3, 0.4) is 0 Å². The minimum absolute atomic E-state index is 0.102. The molecule has 1 aliphatic carbocycles. The minimum Gasteiger partial charge on any atom is -0.465 e. The van der Waals surface area contributed by atoms with E-state index < -0.39 is 12.3 Å². The van der Waals surface area contributed by atoms with Gasteiger partial charge >= 0.3 is 6.09 Å². The number of halogens is 1. The lowest BCUT2D eigenvalue weighted by Crippen LogP contribution is -2.41. The smallest absolute Gasteiger partial charge is 0.407 e. The first kappa shape index (κ1) is 10.7. The summed E-state index contributed by atoms with van der Waals surface area (Å²) in [5.74, 6) is 0.154. The Morgan fingerprint density at radius 1 is 1.40 bits per heavy atom. The SMILES string of the molecule is C[C@@H]1CC2(CCN(C(=O)O)CC2)C[C@@H]1F. The van der Waals surface area contributed by atoms with Crippen LogP contribution in [0, 0.1) is 11.3 Å². The van der Waals surface area contributed by atoms with Crippen LogP contribution >= 0.6 is 0 Å². The maximum Gasteiger partial charge on any atom is 0.407 e. The van der Waals surface area contributed by atoms with Crippen LogP contribution in [0.25, 0.3) is 0 Å². The summed E-state index contributed by atoms with van der Waals surface area (Å²) in [6, 6.07) is 0. The van der Waals surface area contributed by atoms with Gasteiger partial charge in [0.05, 0.1) is 0 Å². The number of carbonyl (C=O) groups is 1. The summed E-state index contributed by atoms with van der Waals surface area (Å²) in [6.07, 6.45) is 1.73. The van der Waals surface area contributed by atoms with Gasteiger partial charge in [0.15, 0.2) is 0 Å². The van der Waals surface area contributed by atoms with Crippen LogP contribution in [0.5, 0.6) is 0 Å². The van der Waals surface area contributed by atoms with E-state index in [0.29, 0.717) is 19.5 Å². The highest BCUT2D eigenvalue weighted by Crippen LogP contribution is 2.49. The lowest BCUT2D eigenvalue weighted by molar-refractivity contribution is 0.0879. The Morgan fingerprint density at radius 3 is 2.40 bits per heavy atom. The fourth-order valence-corrected chi connectivity index (χ4v) is 3.09. The van der Waals surface area contributed by atoms with Gasteiger partial charge in [-0.15, -0.1) is 0 Å². The van der Waals surface area contributed by atoms with Crippen molar-refractivity contribution in [2.75, 3.05) is 13.1 Å². The molecule has 1 aliphatic heterocycles. The number of rotatable bonds is 0. The molecular formula is C11H18FNO2. The Kier molecular flexibility index (Phi) is 2.61. The van der Waals surface area contributed by atoms with E-state index in [-0.39, 0.29) is 11.3 Å². The van der Waals surface area contributed by atoms with Crippen molar-refractivity contribution >= 4 is 6.09 Å². The molecule has 2 aliphatic rings. The van der Waals surface area contributed by atoms with Gasteiger partial charge in [0.2, 0.25) is 0 Å². The molecule has 1 amide bonds. The average Bonchev–Trinajstić information content (AvgIpc) is 2.43. The zero-order valence-electron chi connectivity index (χ0n) is 9.08. The van der Waals surface area contributed by atoms with Crippen LogP contribution in [0.2, 0.25) is 0 Å². The molecule has 2 rings (SSSR count). The van der Waals surface area contributed by atoms with Crippen LogP contribution in [0.15, 0.2) is 0 Å². The predicted octanol–water partition coefficient (Wildman–Crippen LogP) is 2.51. The quantitative estimate of drug-likeness (QED) is 0.674. The molecule has 1 N–H and O–H groups in total. The number of amides is 1. The number of piperidine rings is 1. The van der Waals surface area contributed by atoms with Crippen molar-refractivity contribution in [1.82, 2.24) is 4.90 Å². The van der Waals surface area contributed by atoms with Crippen molar-refractivity contribution in [2.24, 2.45) is 11.3 Å². The number of nitrogens with zero attached hydrogens (tertiary/aromatic N) is 1. The van der Waals surface area contributed by atoms with Crippen LogP contribution in [-0.2, 0) is 0 Å². The fourth-order valence-electron chi connectivity index (χ4n) is 3.09. The lowest BCUT2D eigenvalue weighted by atomic mass is 9.76. The molecule has 2 fully saturated rings. The second-order valence-electron chi connectivity index (χ2n) is 5.17. The van der Waals surface area contributed by atoms with Gasteiger partial charge in [-0.3, -0.25) is 0 Å². The molecule has 1 spiro atoms. The Balaban J connectivity index is 1.96. The number of carboxylic acid groups (broad SMARTS) is 1. The van der Waals surface area contributed by atoms with E-state index in [1.165, 1.54) is 4.90 Å². The summed E-state index contributed by atoms with van der Waals surface area (Å²) in [7, 11) is 0. The normalized spacial score (nSPS) is 34.7. The number of hydrogen-bond acceptors (Lipinski definition) is 1. The lowest BCUT2D eigenvalue weighted by Gasteiger charge is -2.38. The summed E-state index contributed by atoms with van der Waals surface area (Å²) >= 11 is 0. The van der Waals surface area contributed by atoms with E-state index in [1.807, 2.05) is 6.92 Å². The second kappa shape index (κ2) is 3.65. The molecule has 0 aromatic rings. The maximum atomic E-state index is 13.5. The van der Waals surface area contributed by atoms with E-state index >= 15 is 0 Å². The molecule has 15 heavy (non-hydrogen) atoms. The third-order valence-corrected chi connectivity index (χ3v) is 4.10. The van der Waals surface area contributed by atoms with Crippen molar-refractivity contribution in [3.05, 3.63) is 0 Å². The molecule has 3 nitrogen and oxygen atoms in total. The molecule has 1 heterocycles. The van der Waals surface area contributed by atoms with Gasteiger partial charge in [0, 0.05) is 13.1 Å². The first-order valence-corrected chi connectivity index (χ1v) is 5.64. The Hall–Kier alpha value is -0.800. The molecule has 1 saturated heterocycles. The van der Waals surface area contributed by atoms with Crippen LogP contribution < -0.4 is 0 Å². The van der Waals surface area contributed by atoms with Crippen LogP contribution in [0.4, 0.5) is 9.18 Å². The van der Waals surface area contributed by atoms with Crippen LogP contribution in [0.1, 0.15) is 32.6 Å². The number of alkyl halides is 1. The van der Waals surface area contributed by atoms with Crippen molar-refractivity contribution in [3.63, 3.8) is 0 Å². The van der Waals surface area contributed by atoms with Gasteiger partial charge in [0.25, 0.3) is 0 Å². The topological polar surface area (TPSA) is 40.5 Å². The monoisotopic (exact) mass is 215 g/mol. The molecule has 0 bridgehead atoms. The summed E-state index contributed by atoms with van der Waals surface area (Å²) < 4.78 is 13.5. The van der Waals surface area contributed by atoms with Crippen molar-refractivity contribution in [2.45, 2.75) is 38.8 Å². The first-order valence-electron chi connectivity index (χ1n) is 5.64. The Labute approximate surface area is 89.3 Å². The predicted molar refractivity (Wildman–Crippen MR) is 54.6 cm³/mol. The molecule has 0 aromatic heterocycles. The molecule has 2 atom stereocenters. The number of likely N-dealkylation sites (tertiary alicyclic amines) is 1. The van der Waals surface area contributed by atoms with E-state index in [2.05, 4.69) is 0 Å². The standard InChI is InChI=1S/C11H18FNO2/c1-8-6-11(7-9(8)12)2-4-13(5-3-11)10(14)15/h8-9H,2-7H2,1H3,(H,14,15)/t8-,9+/m1/s1. The van der Waals surface area contributed by atoms with E-state index in [1.54, 1.807) is 0 Å². The van der Waals surface area contributed by atoms with E-state index in [0.717, 1.165) is 19.3 Å². The van der Waals surface area contributed by atoms with E-state index in [4.69, 9.17) is 5.11 Å². The van der Waals surface area contributed by atoms with Crippen molar-refractivity contribution in [3.8, 4) is 0 Å². The van der Waals surface area contributed by atoms with Gasteiger partial charge in [-0.25, -0.2) is 9.18 Å². The summed E-state index contributed by atoms with van der Waals surface area (Å²) in [5, 5.41) is 8.83. The zero-order valence-corrected chi connectivity index (χ0v) is 9.08. The second-order valence-corrected chi connectivity index (χ2v) is 5.17. The Bertz CT molecular complexity index is 249.